The highest BCUT2D eigenvalue weighted by molar-refractivity contribution is 6.35. The van der Waals surface area contributed by atoms with E-state index in [0.29, 0.717) is 5.41 Å². The van der Waals surface area contributed by atoms with Crippen molar-refractivity contribution >= 4 is 23.2 Å². The Labute approximate surface area is 120 Å². The van der Waals surface area contributed by atoms with Crippen LogP contribution < -0.4 is 5.32 Å². The maximum Gasteiger partial charge on any atom is 0.0465 e. The van der Waals surface area contributed by atoms with Crippen molar-refractivity contribution in [3.8, 4) is 0 Å². The van der Waals surface area contributed by atoms with Crippen LogP contribution in [0.25, 0.3) is 0 Å². The quantitative estimate of drug-likeness (QED) is 0.798. The summed E-state index contributed by atoms with van der Waals surface area (Å²) in [5.74, 6) is 0. The van der Waals surface area contributed by atoms with Gasteiger partial charge >= 0.3 is 0 Å². The van der Waals surface area contributed by atoms with Gasteiger partial charge in [0.25, 0.3) is 0 Å². The van der Waals surface area contributed by atoms with Gasteiger partial charge in [-0.3, -0.25) is 0 Å². The normalized spacial score (nSPS) is 18.2. The molecule has 1 N–H and O–H groups in total. The van der Waals surface area contributed by atoms with Gasteiger partial charge in [-0.15, -0.1) is 0 Å². The Morgan fingerprint density at radius 3 is 2.33 bits per heavy atom. The monoisotopic (exact) mass is 285 g/mol. The smallest absolute Gasteiger partial charge is 0.0465 e. The number of halogens is 2. The topological polar surface area (TPSA) is 12.0 Å². The van der Waals surface area contributed by atoms with Crippen LogP contribution in [-0.2, 0) is 6.54 Å². The summed E-state index contributed by atoms with van der Waals surface area (Å²) < 4.78 is 0. The van der Waals surface area contributed by atoms with E-state index in [1.54, 1.807) is 0 Å². The van der Waals surface area contributed by atoms with Crippen LogP contribution in [-0.4, -0.2) is 6.54 Å². The molecule has 0 saturated heterocycles. The second-order valence-corrected chi connectivity index (χ2v) is 6.18. The van der Waals surface area contributed by atoms with Crippen molar-refractivity contribution in [3.05, 3.63) is 33.8 Å². The third-order valence-corrected chi connectivity index (χ3v) is 4.99. The summed E-state index contributed by atoms with van der Waals surface area (Å²) in [6.45, 7) is 4.14. The highest BCUT2D eigenvalue weighted by Crippen LogP contribution is 2.40. The van der Waals surface area contributed by atoms with Crippen LogP contribution in [0.3, 0.4) is 0 Å². The zero-order valence-electron chi connectivity index (χ0n) is 10.9. The Bertz CT molecular complexity index is 377. The standard InChI is InChI=1S/C15H21Cl2N/c1-2-15(8-3-4-9-15)11-18-10-12-13(16)6-5-7-14(12)17/h5-7,18H,2-4,8-11H2,1H3. The van der Waals surface area contributed by atoms with Crippen molar-refractivity contribution in [1.29, 1.82) is 0 Å². The number of hydrogen-bond acceptors (Lipinski definition) is 1. The second-order valence-electron chi connectivity index (χ2n) is 5.36. The molecule has 18 heavy (non-hydrogen) atoms. The van der Waals surface area contributed by atoms with Crippen LogP contribution in [0.4, 0.5) is 0 Å². The van der Waals surface area contributed by atoms with Gasteiger partial charge in [0.15, 0.2) is 0 Å². The van der Waals surface area contributed by atoms with Crippen LogP contribution >= 0.6 is 23.2 Å². The first-order chi connectivity index (χ1) is 8.67. The van der Waals surface area contributed by atoms with Crippen molar-refractivity contribution in [3.63, 3.8) is 0 Å². The SMILES string of the molecule is CCC1(CNCc2c(Cl)cccc2Cl)CCCC1. The first-order valence-corrected chi connectivity index (χ1v) is 7.56. The zero-order chi connectivity index (χ0) is 13.0. The lowest BCUT2D eigenvalue weighted by molar-refractivity contribution is 0.268. The molecule has 100 valence electrons. The van der Waals surface area contributed by atoms with Crippen LogP contribution in [0.1, 0.15) is 44.6 Å². The maximum absolute atomic E-state index is 6.17. The number of benzene rings is 1. The minimum Gasteiger partial charge on any atom is -0.312 e. The van der Waals surface area contributed by atoms with E-state index in [4.69, 9.17) is 23.2 Å². The summed E-state index contributed by atoms with van der Waals surface area (Å²) in [6, 6.07) is 5.68. The van der Waals surface area contributed by atoms with Crippen molar-refractivity contribution in [1.82, 2.24) is 5.32 Å². The summed E-state index contributed by atoms with van der Waals surface area (Å²) in [5.41, 5.74) is 1.53. The van der Waals surface area contributed by atoms with Crippen LogP contribution in [0.5, 0.6) is 0 Å². The van der Waals surface area contributed by atoms with Crippen LogP contribution in [0.2, 0.25) is 10.0 Å². The molecule has 0 spiro atoms. The Hall–Kier alpha value is -0.240. The molecule has 0 unspecified atom stereocenters. The first-order valence-electron chi connectivity index (χ1n) is 6.80. The summed E-state index contributed by atoms with van der Waals surface area (Å²) >= 11 is 12.3. The van der Waals surface area contributed by atoms with E-state index in [9.17, 15) is 0 Å². The van der Waals surface area contributed by atoms with Crippen molar-refractivity contribution < 1.29 is 0 Å². The van der Waals surface area contributed by atoms with Gasteiger partial charge in [-0.2, -0.15) is 0 Å². The fourth-order valence-electron chi connectivity index (χ4n) is 2.93. The minimum absolute atomic E-state index is 0.508. The lowest BCUT2D eigenvalue weighted by Crippen LogP contribution is -2.31. The van der Waals surface area contributed by atoms with Gasteiger partial charge in [0.05, 0.1) is 0 Å². The van der Waals surface area contributed by atoms with E-state index in [-0.39, 0.29) is 0 Å². The average Bonchev–Trinajstić information content (AvgIpc) is 2.82. The Morgan fingerprint density at radius 1 is 1.17 bits per heavy atom. The van der Waals surface area contributed by atoms with Gasteiger partial charge in [0.2, 0.25) is 0 Å². The Balaban J connectivity index is 1.92. The molecule has 1 fully saturated rings. The van der Waals surface area contributed by atoms with E-state index < -0.39 is 0 Å². The summed E-state index contributed by atoms with van der Waals surface area (Å²) in [6.07, 6.45) is 6.72. The highest BCUT2D eigenvalue weighted by atomic mass is 35.5. The van der Waals surface area contributed by atoms with Crippen molar-refractivity contribution in [2.75, 3.05) is 6.54 Å². The predicted octanol–water partition coefficient (Wildman–Crippen LogP) is 5.05. The molecule has 0 bridgehead atoms. The van der Waals surface area contributed by atoms with Crippen molar-refractivity contribution in [2.45, 2.75) is 45.6 Å². The first kappa shape index (κ1) is 14.2. The second kappa shape index (κ2) is 6.27. The molecule has 0 radical (unpaired) electrons. The molecule has 1 aromatic rings. The van der Waals surface area contributed by atoms with Gasteiger partial charge in [-0.25, -0.2) is 0 Å². The minimum atomic E-state index is 0.508. The lowest BCUT2D eigenvalue weighted by atomic mass is 9.83. The third-order valence-electron chi connectivity index (χ3n) is 4.28. The maximum atomic E-state index is 6.17. The van der Waals surface area contributed by atoms with Crippen LogP contribution in [0.15, 0.2) is 18.2 Å². The molecule has 0 amide bonds. The number of hydrogen-bond donors (Lipinski definition) is 1. The molecule has 0 aliphatic heterocycles. The van der Waals surface area contributed by atoms with E-state index in [2.05, 4.69) is 12.2 Å². The fraction of sp³-hybridized carbons (Fsp3) is 0.600. The third kappa shape index (κ3) is 3.20. The molecule has 1 nitrogen and oxygen atoms in total. The van der Waals surface area contributed by atoms with E-state index >= 15 is 0 Å². The van der Waals surface area contributed by atoms with E-state index in [1.165, 1.54) is 32.1 Å². The molecule has 0 aromatic heterocycles. The molecular weight excluding hydrogens is 265 g/mol. The summed E-state index contributed by atoms with van der Waals surface area (Å²) in [4.78, 5) is 0. The predicted molar refractivity (Wildman–Crippen MR) is 79.4 cm³/mol. The van der Waals surface area contributed by atoms with E-state index in [0.717, 1.165) is 28.7 Å². The molecule has 0 atom stereocenters. The van der Waals surface area contributed by atoms with Gasteiger partial charge in [0.1, 0.15) is 0 Å². The zero-order valence-corrected chi connectivity index (χ0v) is 12.4. The van der Waals surface area contributed by atoms with Crippen molar-refractivity contribution in [2.24, 2.45) is 5.41 Å². The molecule has 0 heterocycles. The molecule has 1 aliphatic rings. The molecule has 1 aliphatic carbocycles. The van der Waals surface area contributed by atoms with Gasteiger partial charge < -0.3 is 5.32 Å². The van der Waals surface area contributed by atoms with E-state index in [1.807, 2.05) is 18.2 Å². The Kier molecular flexibility index (Phi) is 4.94. The molecule has 1 saturated carbocycles. The molecule has 3 heteroatoms. The Morgan fingerprint density at radius 2 is 1.78 bits per heavy atom. The number of nitrogens with one attached hydrogen (secondary N) is 1. The lowest BCUT2D eigenvalue weighted by Gasteiger charge is -2.28. The summed E-state index contributed by atoms with van der Waals surface area (Å²) in [7, 11) is 0. The molecular formula is C15H21Cl2N. The molecule has 1 aromatic carbocycles. The van der Waals surface area contributed by atoms with Crippen LogP contribution in [0, 0.1) is 5.41 Å². The highest BCUT2D eigenvalue weighted by Gasteiger charge is 2.31. The average molecular weight is 286 g/mol. The molecule has 2 rings (SSSR count). The fourth-order valence-corrected chi connectivity index (χ4v) is 3.47. The van der Waals surface area contributed by atoms with Gasteiger partial charge in [-0.1, -0.05) is 49.0 Å². The number of rotatable bonds is 5. The van der Waals surface area contributed by atoms with Gasteiger partial charge in [0, 0.05) is 28.7 Å². The largest absolute Gasteiger partial charge is 0.312 e. The van der Waals surface area contributed by atoms with Gasteiger partial charge in [-0.05, 0) is 36.8 Å². The summed E-state index contributed by atoms with van der Waals surface area (Å²) in [5, 5.41) is 5.06.